The van der Waals surface area contributed by atoms with Gasteiger partial charge in [0.2, 0.25) is 0 Å². The van der Waals surface area contributed by atoms with E-state index in [0.717, 1.165) is 16.9 Å². The summed E-state index contributed by atoms with van der Waals surface area (Å²) in [7, 11) is 3.47. The fourth-order valence-corrected chi connectivity index (χ4v) is 4.00. The lowest BCUT2D eigenvalue weighted by Crippen LogP contribution is -2.32. The Morgan fingerprint density at radius 1 is 1.39 bits per heavy atom. The molecule has 1 aliphatic heterocycles. The summed E-state index contributed by atoms with van der Waals surface area (Å²) in [6, 6.07) is 4.45. The van der Waals surface area contributed by atoms with Gasteiger partial charge in [-0.2, -0.15) is 0 Å². The largest absolute Gasteiger partial charge is 0.377 e. The van der Waals surface area contributed by atoms with Crippen molar-refractivity contribution in [1.29, 1.82) is 0 Å². The molecule has 1 aromatic rings. The number of hydrogen-bond acceptors (Lipinski definition) is 5. The number of rotatable bonds is 5. The van der Waals surface area contributed by atoms with Crippen molar-refractivity contribution in [2.75, 3.05) is 33.9 Å². The van der Waals surface area contributed by atoms with Crippen LogP contribution in [-0.2, 0) is 9.47 Å². The molecule has 2 heterocycles. The van der Waals surface area contributed by atoms with Gasteiger partial charge in [-0.25, -0.2) is 0 Å². The minimum Gasteiger partial charge on any atom is -0.377 e. The van der Waals surface area contributed by atoms with E-state index in [9.17, 15) is 0 Å². The molecule has 0 bridgehead atoms. The standard InChI is InChI=1S/C12H19BrN2O2S/c1-16-9-6-15(7-10(9)17-2)8(5-14)11-3-4-12(13)18-11/h3-4,8-10H,5-7,14H2,1-2H3. The van der Waals surface area contributed by atoms with Crippen LogP contribution in [0.1, 0.15) is 10.9 Å². The highest BCUT2D eigenvalue weighted by atomic mass is 79.9. The van der Waals surface area contributed by atoms with Crippen molar-refractivity contribution in [2.45, 2.75) is 18.2 Å². The molecule has 3 unspecified atom stereocenters. The van der Waals surface area contributed by atoms with Crippen LogP contribution in [0.15, 0.2) is 15.9 Å². The van der Waals surface area contributed by atoms with E-state index in [1.807, 2.05) is 0 Å². The zero-order valence-electron chi connectivity index (χ0n) is 10.6. The first-order valence-corrected chi connectivity index (χ1v) is 7.55. The summed E-state index contributed by atoms with van der Waals surface area (Å²) in [5, 5.41) is 0. The van der Waals surface area contributed by atoms with Crippen LogP contribution in [0.5, 0.6) is 0 Å². The monoisotopic (exact) mass is 334 g/mol. The van der Waals surface area contributed by atoms with Gasteiger partial charge < -0.3 is 15.2 Å². The third-order valence-corrected chi connectivity index (χ3v) is 5.16. The highest BCUT2D eigenvalue weighted by molar-refractivity contribution is 9.11. The molecule has 0 radical (unpaired) electrons. The molecular formula is C12H19BrN2O2S. The van der Waals surface area contributed by atoms with Gasteiger partial charge in [0.1, 0.15) is 0 Å². The zero-order chi connectivity index (χ0) is 13.1. The van der Waals surface area contributed by atoms with Crippen LogP contribution in [-0.4, -0.2) is 51.0 Å². The van der Waals surface area contributed by atoms with E-state index in [4.69, 9.17) is 15.2 Å². The summed E-state index contributed by atoms with van der Waals surface area (Å²) >= 11 is 5.24. The topological polar surface area (TPSA) is 47.7 Å². The minimum absolute atomic E-state index is 0.132. The molecule has 3 atom stereocenters. The van der Waals surface area contributed by atoms with Crippen LogP contribution in [0.2, 0.25) is 0 Å². The molecule has 4 nitrogen and oxygen atoms in total. The van der Waals surface area contributed by atoms with Crippen molar-refractivity contribution < 1.29 is 9.47 Å². The molecule has 1 aromatic heterocycles. The lowest BCUT2D eigenvalue weighted by Gasteiger charge is -2.25. The second-order valence-corrected chi connectivity index (χ2v) is 6.89. The maximum absolute atomic E-state index is 5.94. The first-order chi connectivity index (χ1) is 8.69. The molecule has 102 valence electrons. The van der Waals surface area contributed by atoms with Crippen molar-refractivity contribution in [2.24, 2.45) is 5.73 Å². The lowest BCUT2D eigenvalue weighted by molar-refractivity contribution is -0.00461. The van der Waals surface area contributed by atoms with Gasteiger partial charge in [-0.05, 0) is 28.1 Å². The van der Waals surface area contributed by atoms with Crippen molar-refractivity contribution in [3.05, 3.63) is 20.8 Å². The fourth-order valence-electron chi connectivity index (χ4n) is 2.43. The summed E-state index contributed by atoms with van der Waals surface area (Å²) in [6.07, 6.45) is 0.264. The molecular weight excluding hydrogens is 316 g/mol. The Morgan fingerprint density at radius 3 is 2.39 bits per heavy atom. The van der Waals surface area contributed by atoms with Gasteiger partial charge in [0, 0.05) is 38.7 Å². The number of hydrogen-bond donors (Lipinski definition) is 1. The zero-order valence-corrected chi connectivity index (χ0v) is 13.0. The molecule has 0 amide bonds. The highest BCUT2D eigenvalue weighted by Crippen LogP contribution is 2.33. The lowest BCUT2D eigenvalue weighted by atomic mass is 10.2. The summed E-state index contributed by atoms with van der Waals surface area (Å²) in [4.78, 5) is 3.64. The van der Waals surface area contributed by atoms with Crippen molar-refractivity contribution in [3.8, 4) is 0 Å². The van der Waals surface area contributed by atoms with Gasteiger partial charge in [0.25, 0.3) is 0 Å². The first kappa shape index (κ1) is 14.4. The number of ether oxygens (including phenoxy) is 2. The van der Waals surface area contributed by atoms with E-state index in [2.05, 4.69) is 33.0 Å². The van der Waals surface area contributed by atoms with E-state index in [1.165, 1.54) is 4.88 Å². The molecule has 1 fully saturated rings. The van der Waals surface area contributed by atoms with Gasteiger partial charge in [-0.1, -0.05) is 0 Å². The van der Waals surface area contributed by atoms with Crippen LogP contribution in [0.4, 0.5) is 0 Å². The minimum atomic E-state index is 0.132. The van der Waals surface area contributed by atoms with E-state index >= 15 is 0 Å². The van der Waals surface area contributed by atoms with Gasteiger partial charge >= 0.3 is 0 Å². The predicted octanol–water partition coefficient (Wildman–Crippen LogP) is 1.86. The van der Waals surface area contributed by atoms with Crippen molar-refractivity contribution >= 4 is 27.3 Å². The summed E-state index contributed by atoms with van der Waals surface area (Å²) in [5.41, 5.74) is 5.94. The van der Waals surface area contributed by atoms with E-state index in [0.29, 0.717) is 6.54 Å². The van der Waals surface area contributed by atoms with Crippen LogP contribution in [0.3, 0.4) is 0 Å². The molecule has 2 N–H and O–H groups in total. The summed E-state index contributed by atoms with van der Waals surface area (Å²) in [5.74, 6) is 0. The van der Waals surface area contributed by atoms with E-state index in [1.54, 1.807) is 25.6 Å². The maximum atomic E-state index is 5.94. The van der Waals surface area contributed by atoms with Crippen LogP contribution < -0.4 is 5.73 Å². The number of nitrogens with two attached hydrogens (primary N) is 1. The molecule has 1 aliphatic rings. The van der Waals surface area contributed by atoms with Gasteiger partial charge in [0.15, 0.2) is 0 Å². The average molecular weight is 335 g/mol. The quantitative estimate of drug-likeness (QED) is 0.892. The number of thiophene rings is 1. The van der Waals surface area contributed by atoms with Crippen LogP contribution in [0.25, 0.3) is 0 Å². The molecule has 0 aliphatic carbocycles. The molecule has 0 saturated carbocycles. The number of likely N-dealkylation sites (tertiary alicyclic amines) is 1. The highest BCUT2D eigenvalue weighted by Gasteiger charge is 2.36. The molecule has 0 aromatic carbocycles. The van der Waals surface area contributed by atoms with E-state index in [-0.39, 0.29) is 18.2 Å². The Morgan fingerprint density at radius 2 is 2.00 bits per heavy atom. The van der Waals surface area contributed by atoms with Gasteiger partial charge in [-0.3, -0.25) is 4.90 Å². The maximum Gasteiger partial charge on any atom is 0.0972 e. The van der Waals surface area contributed by atoms with Gasteiger partial charge in [-0.15, -0.1) is 11.3 Å². The summed E-state index contributed by atoms with van der Waals surface area (Å²) in [6.45, 7) is 2.35. The van der Waals surface area contributed by atoms with Crippen molar-refractivity contribution in [1.82, 2.24) is 4.90 Å². The third kappa shape index (κ3) is 2.95. The average Bonchev–Trinajstić information content (AvgIpc) is 2.97. The first-order valence-electron chi connectivity index (χ1n) is 5.94. The SMILES string of the molecule is COC1CN(C(CN)c2ccc(Br)s2)CC1OC. The Balaban J connectivity index is 2.10. The smallest absolute Gasteiger partial charge is 0.0972 e. The fraction of sp³-hybridized carbons (Fsp3) is 0.667. The Bertz CT molecular complexity index is 376. The van der Waals surface area contributed by atoms with E-state index < -0.39 is 0 Å². The molecule has 6 heteroatoms. The normalized spacial score (nSPS) is 26.7. The van der Waals surface area contributed by atoms with Gasteiger partial charge in [0.05, 0.1) is 22.0 Å². The number of halogens is 1. The Hall–Kier alpha value is 0.0200. The second-order valence-electron chi connectivity index (χ2n) is 4.40. The number of nitrogens with zero attached hydrogens (tertiary/aromatic N) is 1. The molecule has 0 spiro atoms. The number of methoxy groups -OCH3 is 2. The Kier molecular flexibility index (Phi) is 5.17. The predicted molar refractivity (Wildman–Crippen MR) is 77.0 cm³/mol. The molecule has 1 saturated heterocycles. The summed E-state index contributed by atoms with van der Waals surface area (Å²) < 4.78 is 12.1. The third-order valence-electron chi connectivity index (χ3n) is 3.44. The van der Waals surface area contributed by atoms with Crippen LogP contribution in [0, 0.1) is 0 Å². The molecule has 18 heavy (non-hydrogen) atoms. The van der Waals surface area contributed by atoms with Crippen LogP contribution >= 0.6 is 27.3 Å². The Labute approximate surface area is 120 Å². The second kappa shape index (κ2) is 6.45. The molecule has 2 rings (SSSR count). The van der Waals surface area contributed by atoms with Crippen molar-refractivity contribution in [3.63, 3.8) is 0 Å².